The Balaban J connectivity index is 1.63. The molecule has 1 aliphatic heterocycles. The van der Waals surface area contributed by atoms with Gasteiger partial charge < -0.3 is 24.8 Å². The van der Waals surface area contributed by atoms with E-state index in [1.54, 1.807) is 12.1 Å². The Bertz CT molecular complexity index is 1250. The summed E-state index contributed by atoms with van der Waals surface area (Å²) < 4.78 is 2.14. The molecule has 4 aromatic rings. The molecule has 2 atom stereocenters. The second-order valence-electron chi connectivity index (χ2n) is 8.23. The molecule has 5 rings (SSSR count). The maximum Gasteiger partial charge on any atom is 0.174 e. The minimum atomic E-state index is -0.127. The third-order valence-corrected chi connectivity index (χ3v) is 6.27. The highest BCUT2D eigenvalue weighted by Crippen LogP contribution is 2.42. The van der Waals surface area contributed by atoms with Gasteiger partial charge in [-0.15, -0.1) is 0 Å². The first kappa shape index (κ1) is 21.0. The molecule has 0 radical (unpaired) electrons. The first-order chi connectivity index (χ1) is 16.0. The van der Waals surface area contributed by atoms with E-state index in [1.165, 1.54) is 0 Å². The maximum absolute atomic E-state index is 9.76. The van der Waals surface area contributed by atoms with E-state index in [4.69, 9.17) is 12.2 Å². The van der Waals surface area contributed by atoms with Crippen molar-refractivity contribution in [2.75, 3.05) is 23.9 Å². The lowest BCUT2D eigenvalue weighted by molar-refractivity contribution is 0.475. The summed E-state index contributed by atoms with van der Waals surface area (Å²) in [4.78, 5) is 8.88. The summed E-state index contributed by atoms with van der Waals surface area (Å²) in [6.07, 6.45) is 3.84. The molecule has 2 aromatic heterocycles. The average Bonchev–Trinajstić information content (AvgIpc) is 3.44. The summed E-state index contributed by atoms with van der Waals surface area (Å²) in [5.41, 5.74) is 5.10. The monoisotopic (exact) mass is 455 g/mol. The smallest absolute Gasteiger partial charge is 0.174 e. The van der Waals surface area contributed by atoms with E-state index < -0.39 is 0 Å². The predicted molar refractivity (Wildman–Crippen MR) is 136 cm³/mol. The van der Waals surface area contributed by atoms with Gasteiger partial charge in [-0.25, -0.2) is 0 Å². The van der Waals surface area contributed by atoms with Gasteiger partial charge in [-0.05, 0) is 85.0 Å². The highest BCUT2D eigenvalue weighted by atomic mass is 32.1. The number of hydrogen-bond donors (Lipinski definition) is 2. The Labute approximate surface area is 198 Å². The average molecular weight is 456 g/mol. The van der Waals surface area contributed by atoms with Gasteiger partial charge in [-0.2, -0.15) is 0 Å². The Hall–Kier alpha value is -3.84. The number of aromatic hydroxyl groups is 1. The van der Waals surface area contributed by atoms with Crippen molar-refractivity contribution in [2.45, 2.75) is 12.1 Å². The lowest BCUT2D eigenvalue weighted by Gasteiger charge is -2.29. The van der Waals surface area contributed by atoms with Gasteiger partial charge in [0.25, 0.3) is 0 Å². The zero-order valence-corrected chi connectivity index (χ0v) is 19.3. The van der Waals surface area contributed by atoms with Crippen LogP contribution in [0.3, 0.4) is 0 Å². The second-order valence-corrected chi connectivity index (χ2v) is 8.61. The number of phenols is 1. The van der Waals surface area contributed by atoms with Crippen molar-refractivity contribution < 1.29 is 5.11 Å². The van der Waals surface area contributed by atoms with Crippen LogP contribution in [0.1, 0.15) is 23.5 Å². The molecule has 33 heavy (non-hydrogen) atoms. The molecule has 0 unspecified atom stereocenters. The minimum absolute atomic E-state index is 0.124. The summed E-state index contributed by atoms with van der Waals surface area (Å²) in [6, 6.07) is 25.5. The van der Waals surface area contributed by atoms with Crippen molar-refractivity contribution in [3.8, 4) is 11.4 Å². The lowest BCUT2D eigenvalue weighted by atomic mass is 10.0. The predicted octanol–water partition coefficient (Wildman–Crippen LogP) is 4.82. The molecule has 0 amide bonds. The third-order valence-electron chi connectivity index (χ3n) is 5.95. The molecular weight excluding hydrogens is 430 g/mol. The molecule has 0 saturated carbocycles. The van der Waals surface area contributed by atoms with Crippen LogP contribution < -0.4 is 15.1 Å². The first-order valence-electron chi connectivity index (χ1n) is 10.8. The van der Waals surface area contributed by atoms with Gasteiger partial charge in [0.1, 0.15) is 11.8 Å². The highest BCUT2D eigenvalue weighted by molar-refractivity contribution is 7.80. The number of hydrogen-bond acceptors (Lipinski definition) is 4. The molecule has 2 aromatic carbocycles. The molecule has 6 nitrogen and oxygen atoms in total. The molecule has 0 bridgehead atoms. The van der Waals surface area contributed by atoms with Crippen LogP contribution in [0.5, 0.6) is 5.75 Å². The molecule has 1 fully saturated rings. The van der Waals surface area contributed by atoms with Crippen molar-refractivity contribution in [3.63, 3.8) is 0 Å². The quantitative estimate of drug-likeness (QED) is 0.421. The van der Waals surface area contributed by atoms with Gasteiger partial charge in [-0.3, -0.25) is 4.98 Å². The molecule has 7 heteroatoms. The van der Waals surface area contributed by atoms with Crippen LogP contribution >= 0.6 is 12.2 Å². The van der Waals surface area contributed by atoms with Gasteiger partial charge in [0.05, 0.1) is 11.7 Å². The lowest BCUT2D eigenvalue weighted by Crippen LogP contribution is -2.30. The third kappa shape index (κ3) is 3.91. The van der Waals surface area contributed by atoms with Gasteiger partial charge in [-0.1, -0.05) is 6.07 Å². The van der Waals surface area contributed by atoms with Crippen molar-refractivity contribution in [1.82, 2.24) is 14.9 Å². The van der Waals surface area contributed by atoms with Gasteiger partial charge in [0.2, 0.25) is 0 Å². The van der Waals surface area contributed by atoms with Crippen LogP contribution in [0.4, 0.5) is 11.4 Å². The largest absolute Gasteiger partial charge is 0.508 e. The molecule has 166 valence electrons. The second kappa shape index (κ2) is 8.60. The highest BCUT2D eigenvalue weighted by Gasteiger charge is 2.42. The normalized spacial score (nSPS) is 17.8. The molecule has 0 aliphatic carbocycles. The van der Waals surface area contributed by atoms with Gasteiger partial charge >= 0.3 is 0 Å². The van der Waals surface area contributed by atoms with E-state index in [0.29, 0.717) is 5.11 Å². The van der Waals surface area contributed by atoms with Crippen molar-refractivity contribution in [1.29, 1.82) is 0 Å². The van der Waals surface area contributed by atoms with E-state index in [2.05, 4.69) is 55.0 Å². The summed E-state index contributed by atoms with van der Waals surface area (Å²) >= 11 is 5.85. The standard InChI is InChI=1S/C26H25N5OS/c1-29(2)18-8-10-20(11-9-18)31-25(24(28-26(31)33)22-6-3-4-16-27-22)23-7-5-17-30(23)19-12-14-21(32)15-13-19/h3-17,24-25,32H,1-2H3,(H,28,33)/t24-,25-/m1/s1. The number of benzene rings is 2. The van der Waals surface area contributed by atoms with E-state index in [0.717, 1.165) is 28.5 Å². The molecular formula is C26H25N5OS. The van der Waals surface area contributed by atoms with Crippen molar-refractivity contribution in [2.24, 2.45) is 0 Å². The molecule has 0 spiro atoms. The van der Waals surface area contributed by atoms with Crippen LogP contribution in [0, 0.1) is 0 Å². The van der Waals surface area contributed by atoms with E-state index in [9.17, 15) is 5.11 Å². The number of pyridine rings is 1. The fourth-order valence-electron chi connectivity index (χ4n) is 4.33. The number of phenolic OH excluding ortho intramolecular Hbond substituents is 1. The number of rotatable bonds is 5. The Kier molecular flexibility index (Phi) is 5.48. The van der Waals surface area contributed by atoms with E-state index in [-0.39, 0.29) is 17.8 Å². The van der Waals surface area contributed by atoms with Gasteiger partial charge in [0.15, 0.2) is 5.11 Å². The number of nitrogens with zero attached hydrogens (tertiary/aromatic N) is 4. The number of thiocarbonyl (C=S) groups is 1. The minimum Gasteiger partial charge on any atom is -0.508 e. The molecule has 2 N–H and O–H groups in total. The van der Waals surface area contributed by atoms with Crippen LogP contribution in [0.2, 0.25) is 0 Å². The van der Waals surface area contributed by atoms with Crippen LogP contribution in [0.25, 0.3) is 5.69 Å². The molecule has 1 aliphatic rings. The summed E-state index contributed by atoms with van der Waals surface area (Å²) in [6.45, 7) is 0. The number of aromatic nitrogens is 2. The van der Waals surface area contributed by atoms with Crippen LogP contribution in [-0.4, -0.2) is 33.9 Å². The summed E-state index contributed by atoms with van der Waals surface area (Å²) in [7, 11) is 4.06. The van der Waals surface area contributed by atoms with Crippen molar-refractivity contribution >= 4 is 28.7 Å². The van der Waals surface area contributed by atoms with Crippen molar-refractivity contribution in [3.05, 3.63) is 103 Å². The van der Waals surface area contributed by atoms with Gasteiger partial charge in [0, 0.05) is 49.2 Å². The summed E-state index contributed by atoms with van der Waals surface area (Å²) in [5, 5.41) is 13.9. The Morgan fingerprint density at radius 1 is 0.909 bits per heavy atom. The van der Waals surface area contributed by atoms with Crippen LogP contribution in [0.15, 0.2) is 91.3 Å². The SMILES string of the molecule is CN(C)c1ccc(N2C(=S)N[C@H](c3ccccn3)[C@H]2c2cccn2-c2ccc(O)cc2)cc1. The fraction of sp³-hybridized carbons (Fsp3) is 0.154. The zero-order chi connectivity index (χ0) is 22.9. The Morgan fingerprint density at radius 3 is 2.30 bits per heavy atom. The number of nitrogens with one attached hydrogen (secondary N) is 1. The van der Waals surface area contributed by atoms with Crippen LogP contribution in [-0.2, 0) is 0 Å². The zero-order valence-electron chi connectivity index (χ0n) is 18.5. The summed E-state index contributed by atoms with van der Waals surface area (Å²) in [5.74, 6) is 0.241. The van der Waals surface area contributed by atoms with E-state index >= 15 is 0 Å². The molecule has 3 heterocycles. The first-order valence-corrected chi connectivity index (χ1v) is 11.2. The Morgan fingerprint density at radius 2 is 1.64 bits per heavy atom. The fourth-order valence-corrected chi connectivity index (χ4v) is 4.67. The molecule has 1 saturated heterocycles. The topological polar surface area (TPSA) is 56.6 Å². The maximum atomic E-state index is 9.76. The van der Waals surface area contributed by atoms with E-state index in [1.807, 2.05) is 62.9 Å². The number of anilines is 2.